The number of hydrogen-bond donors (Lipinski definition) is 0. The SMILES string of the molecule is COc1ccc(CCS(=O)(=O)N2CCc3cc(-c4ccncc4)ccc32)cc1. The lowest BCUT2D eigenvalue weighted by Crippen LogP contribution is -2.32. The first-order valence-electron chi connectivity index (χ1n) is 9.23. The van der Waals surface area contributed by atoms with E-state index in [1.54, 1.807) is 23.8 Å². The lowest BCUT2D eigenvalue weighted by atomic mass is 10.0. The van der Waals surface area contributed by atoms with Gasteiger partial charge in [-0.25, -0.2) is 8.42 Å². The van der Waals surface area contributed by atoms with Crippen molar-refractivity contribution < 1.29 is 13.2 Å². The Morgan fingerprint density at radius 2 is 1.75 bits per heavy atom. The minimum atomic E-state index is -3.37. The number of aryl methyl sites for hydroxylation is 1. The molecule has 1 aliphatic heterocycles. The van der Waals surface area contributed by atoms with Gasteiger partial charge in [-0.1, -0.05) is 18.2 Å². The fourth-order valence-electron chi connectivity index (χ4n) is 3.53. The van der Waals surface area contributed by atoms with E-state index in [0.717, 1.165) is 40.1 Å². The molecule has 1 aromatic heterocycles. The third-order valence-corrected chi connectivity index (χ3v) is 6.86. The Labute approximate surface area is 165 Å². The van der Waals surface area contributed by atoms with Crippen molar-refractivity contribution in [2.75, 3.05) is 23.7 Å². The second-order valence-corrected chi connectivity index (χ2v) is 8.83. The average Bonchev–Trinajstić information content (AvgIpc) is 3.17. The van der Waals surface area contributed by atoms with E-state index in [2.05, 4.69) is 11.1 Å². The number of methoxy groups -OCH3 is 1. The van der Waals surface area contributed by atoms with Crippen molar-refractivity contribution in [1.82, 2.24) is 4.98 Å². The first-order chi connectivity index (χ1) is 13.6. The zero-order valence-electron chi connectivity index (χ0n) is 15.7. The maximum atomic E-state index is 12.9. The number of nitrogens with zero attached hydrogens (tertiary/aromatic N) is 2. The van der Waals surface area contributed by atoms with Gasteiger partial charge in [-0.3, -0.25) is 9.29 Å². The van der Waals surface area contributed by atoms with Gasteiger partial charge in [0.15, 0.2) is 0 Å². The molecule has 0 atom stereocenters. The van der Waals surface area contributed by atoms with Crippen molar-refractivity contribution >= 4 is 15.7 Å². The van der Waals surface area contributed by atoms with Gasteiger partial charge in [0, 0.05) is 18.9 Å². The van der Waals surface area contributed by atoms with E-state index in [1.807, 2.05) is 48.5 Å². The molecule has 5 nitrogen and oxygen atoms in total. The van der Waals surface area contributed by atoms with Gasteiger partial charge in [0.05, 0.1) is 18.6 Å². The lowest BCUT2D eigenvalue weighted by Gasteiger charge is -2.20. The Bertz CT molecular complexity index is 1060. The average molecular weight is 394 g/mol. The summed E-state index contributed by atoms with van der Waals surface area (Å²) in [5.74, 6) is 0.857. The zero-order chi connectivity index (χ0) is 19.6. The van der Waals surface area contributed by atoms with Crippen LogP contribution >= 0.6 is 0 Å². The van der Waals surface area contributed by atoms with E-state index >= 15 is 0 Å². The summed E-state index contributed by atoms with van der Waals surface area (Å²) in [6, 6.07) is 17.4. The van der Waals surface area contributed by atoms with Crippen molar-refractivity contribution in [3.8, 4) is 16.9 Å². The molecule has 2 heterocycles. The van der Waals surface area contributed by atoms with E-state index < -0.39 is 10.0 Å². The van der Waals surface area contributed by atoms with Gasteiger partial charge in [-0.05, 0) is 71.5 Å². The maximum absolute atomic E-state index is 12.9. The molecule has 28 heavy (non-hydrogen) atoms. The molecule has 0 saturated carbocycles. The Kier molecular flexibility index (Phi) is 5.05. The monoisotopic (exact) mass is 394 g/mol. The molecule has 1 aliphatic rings. The quantitative estimate of drug-likeness (QED) is 0.640. The molecule has 6 heteroatoms. The van der Waals surface area contributed by atoms with Gasteiger partial charge in [0.2, 0.25) is 10.0 Å². The van der Waals surface area contributed by atoms with Crippen LogP contribution in [-0.4, -0.2) is 32.8 Å². The van der Waals surface area contributed by atoms with Crippen LogP contribution in [0.3, 0.4) is 0 Å². The van der Waals surface area contributed by atoms with Crippen LogP contribution in [0.25, 0.3) is 11.1 Å². The molecule has 0 saturated heterocycles. The molecule has 0 N–H and O–H groups in total. The summed E-state index contributed by atoms with van der Waals surface area (Å²) in [5.41, 5.74) is 5.02. The van der Waals surface area contributed by atoms with E-state index in [1.165, 1.54) is 0 Å². The van der Waals surface area contributed by atoms with Gasteiger partial charge < -0.3 is 4.74 Å². The topological polar surface area (TPSA) is 59.5 Å². The van der Waals surface area contributed by atoms with E-state index in [-0.39, 0.29) is 5.75 Å². The number of aromatic nitrogens is 1. The van der Waals surface area contributed by atoms with E-state index in [9.17, 15) is 8.42 Å². The molecular weight excluding hydrogens is 372 g/mol. The second-order valence-electron chi connectivity index (χ2n) is 6.82. The molecule has 0 fully saturated rings. The predicted octanol–water partition coefficient (Wildman–Crippen LogP) is 3.69. The molecule has 0 radical (unpaired) electrons. The van der Waals surface area contributed by atoms with Crippen LogP contribution in [0.4, 0.5) is 5.69 Å². The minimum absolute atomic E-state index is 0.0882. The molecule has 0 spiro atoms. The highest BCUT2D eigenvalue weighted by Crippen LogP contribution is 2.34. The molecule has 0 bridgehead atoms. The Morgan fingerprint density at radius 1 is 1.00 bits per heavy atom. The fraction of sp³-hybridized carbons (Fsp3) is 0.227. The van der Waals surface area contributed by atoms with E-state index in [4.69, 9.17) is 4.74 Å². The first-order valence-corrected chi connectivity index (χ1v) is 10.8. The van der Waals surface area contributed by atoms with Crippen LogP contribution in [0.2, 0.25) is 0 Å². The maximum Gasteiger partial charge on any atom is 0.235 e. The van der Waals surface area contributed by atoms with Crippen LogP contribution in [-0.2, 0) is 22.9 Å². The number of ether oxygens (including phenoxy) is 1. The predicted molar refractivity (Wildman–Crippen MR) is 111 cm³/mol. The Hall–Kier alpha value is -2.86. The van der Waals surface area contributed by atoms with Crippen LogP contribution in [0.15, 0.2) is 67.0 Å². The van der Waals surface area contributed by atoms with E-state index in [0.29, 0.717) is 13.0 Å². The third kappa shape index (κ3) is 3.73. The molecule has 144 valence electrons. The van der Waals surface area contributed by atoms with Crippen molar-refractivity contribution in [2.45, 2.75) is 12.8 Å². The van der Waals surface area contributed by atoms with Gasteiger partial charge in [-0.15, -0.1) is 0 Å². The number of fused-ring (bicyclic) bond motifs is 1. The molecule has 4 rings (SSSR count). The Morgan fingerprint density at radius 3 is 2.46 bits per heavy atom. The summed E-state index contributed by atoms with van der Waals surface area (Å²) in [5, 5.41) is 0. The summed E-state index contributed by atoms with van der Waals surface area (Å²) in [6.07, 6.45) is 4.74. The van der Waals surface area contributed by atoms with Gasteiger partial charge in [0.1, 0.15) is 5.75 Å². The highest BCUT2D eigenvalue weighted by molar-refractivity contribution is 7.92. The Balaban J connectivity index is 1.51. The number of pyridine rings is 1. The standard InChI is InChI=1S/C22H22N2O3S/c1-27-21-5-2-17(3-6-21)11-15-28(25,26)24-14-10-20-16-19(4-7-22(20)24)18-8-12-23-13-9-18/h2-9,12-13,16H,10-11,14-15H2,1H3. The highest BCUT2D eigenvalue weighted by Gasteiger charge is 2.29. The smallest absolute Gasteiger partial charge is 0.235 e. The van der Waals surface area contributed by atoms with Crippen LogP contribution < -0.4 is 9.04 Å². The van der Waals surface area contributed by atoms with Gasteiger partial charge >= 0.3 is 0 Å². The number of sulfonamides is 1. The van der Waals surface area contributed by atoms with Crippen LogP contribution in [0, 0.1) is 0 Å². The summed E-state index contributed by atoms with van der Waals surface area (Å²) >= 11 is 0. The molecule has 3 aromatic rings. The summed E-state index contributed by atoms with van der Waals surface area (Å²) < 4.78 is 32.6. The van der Waals surface area contributed by atoms with Gasteiger partial charge in [-0.2, -0.15) is 0 Å². The first kappa shape index (κ1) is 18.5. The fourth-order valence-corrected chi connectivity index (χ4v) is 5.09. The van der Waals surface area contributed by atoms with Crippen LogP contribution in [0.5, 0.6) is 5.75 Å². The molecule has 0 aliphatic carbocycles. The normalized spacial score (nSPS) is 13.4. The van der Waals surface area contributed by atoms with Crippen molar-refractivity contribution in [3.63, 3.8) is 0 Å². The summed E-state index contributed by atoms with van der Waals surface area (Å²) in [7, 11) is -1.76. The largest absolute Gasteiger partial charge is 0.497 e. The summed E-state index contributed by atoms with van der Waals surface area (Å²) in [4.78, 5) is 4.05. The number of anilines is 1. The lowest BCUT2D eigenvalue weighted by molar-refractivity contribution is 0.414. The minimum Gasteiger partial charge on any atom is -0.497 e. The van der Waals surface area contributed by atoms with Crippen molar-refractivity contribution in [1.29, 1.82) is 0 Å². The summed E-state index contributed by atoms with van der Waals surface area (Å²) in [6.45, 7) is 0.500. The highest BCUT2D eigenvalue weighted by atomic mass is 32.2. The van der Waals surface area contributed by atoms with Gasteiger partial charge in [0.25, 0.3) is 0 Å². The number of rotatable bonds is 6. The van der Waals surface area contributed by atoms with Crippen molar-refractivity contribution in [3.05, 3.63) is 78.1 Å². The zero-order valence-corrected chi connectivity index (χ0v) is 16.5. The number of benzene rings is 2. The molecular formula is C22H22N2O3S. The number of hydrogen-bond acceptors (Lipinski definition) is 4. The third-order valence-electron chi connectivity index (χ3n) is 5.09. The molecule has 0 unspecified atom stereocenters. The van der Waals surface area contributed by atoms with Crippen molar-refractivity contribution in [2.24, 2.45) is 0 Å². The molecule has 0 amide bonds. The molecule has 2 aromatic carbocycles. The van der Waals surface area contributed by atoms with Crippen LogP contribution in [0.1, 0.15) is 11.1 Å². The second kappa shape index (κ2) is 7.64.